The monoisotopic (exact) mass is 619 g/mol. The van der Waals surface area contributed by atoms with Gasteiger partial charge in [-0.3, -0.25) is 4.79 Å². The van der Waals surface area contributed by atoms with Crippen LogP contribution in [-0.2, 0) is 11.3 Å². The van der Waals surface area contributed by atoms with Crippen LogP contribution in [0.2, 0.25) is 0 Å². The van der Waals surface area contributed by atoms with Gasteiger partial charge in [0, 0.05) is 11.6 Å². The number of ether oxygens (including phenoxy) is 4. The van der Waals surface area contributed by atoms with Crippen molar-refractivity contribution in [2.75, 3.05) is 13.2 Å². The van der Waals surface area contributed by atoms with Gasteiger partial charge in [-0.1, -0.05) is 20.8 Å². The third kappa shape index (κ3) is 9.04. The Bertz CT molecular complexity index is 1470. The Labute approximate surface area is 253 Å². The van der Waals surface area contributed by atoms with Gasteiger partial charge in [0.1, 0.15) is 17.3 Å². The Morgan fingerprint density at radius 3 is 2.48 bits per heavy atom. The standard InChI is InChI=1S/C31H36F3N3O7/c1-5-40-23-13-19(32)9-10-20(23)27(38)36-15-21-26(25(43-30(35)39)14-31(2,3)4)44-28(37-21)18-8-11-22(42-29(33)34)24(12-18)41-16-17-6-7-17/h8-13,17,25,29H,5-7,14-16H2,1-4H3,(H2,35,39)(H,36,38). The number of carbonyl (C=O) groups is 2. The quantitative estimate of drug-likeness (QED) is 0.202. The number of rotatable bonds is 14. The topological polar surface area (TPSA) is 135 Å². The van der Waals surface area contributed by atoms with E-state index in [0.29, 0.717) is 18.1 Å². The number of aromatic nitrogens is 1. The van der Waals surface area contributed by atoms with E-state index < -0.39 is 30.5 Å². The lowest BCUT2D eigenvalue weighted by Crippen LogP contribution is -2.26. The number of benzene rings is 2. The molecule has 0 saturated heterocycles. The van der Waals surface area contributed by atoms with Gasteiger partial charge in [0.25, 0.3) is 5.91 Å². The Morgan fingerprint density at radius 2 is 1.84 bits per heavy atom. The first-order chi connectivity index (χ1) is 20.8. The number of alkyl halides is 2. The predicted molar refractivity (Wildman–Crippen MR) is 153 cm³/mol. The fraction of sp³-hybridized carbons (Fsp3) is 0.452. The first kappa shape index (κ1) is 32.5. The molecule has 44 heavy (non-hydrogen) atoms. The maximum Gasteiger partial charge on any atom is 0.405 e. The van der Waals surface area contributed by atoms with Crippen molar-refractivity contribution in [3.05, 3.63) is 59.2 Å². The number of amides is 2. The highest BCUT2D eigenvalue weighted by Crippen LogP contribution is 2.39. The number of carbonyl (C=O) groups excluding carboxylic acids is 2. The van der Waals surface area contributed by atoms with Gasteiger partial charge in [-0.15, -0.1) is 0 Å². The summed E-state index contributed by atoms with van der Waals surface area (Å²) >= 11 is 0. The molecule has 0 radical (unpaired) electrons. The molecule has 3 N–H and O–H groups in total. The molecule has 1 fully saturated rings. The number of nitrogens with zero attached hydrogens (tertiary/aromatic N) is 1. The van der Waals surface area contributed by atoms with Crippen molar-refractivity contribution >= 4 is 12.0 Å². The van der Waals surface area contributed by atoms with E-state index in [1.54, 1.807) is 6.92 Å². The van der Waals surface area contributed by atoms with Gasteiger partial charge in [0.05, 0.1) is 25.3 Å². The Hall–Kier alpha value is -4.42. The van der Waals surface area contributed by atoms with Crippen LogP contribution >= 0.6 is 0 Å². The lowest BCUT2D eigenvalue weighted by molar-refractivity contribution is -0.0515. The summed E-state index contributed by atoms with van der Waals surface area (Å²) in [4.78, 5) is 29.6. The van der Waals surface area contributed by atoms with Crippen LogP contribution in [0.15, 0.2) is 40.8 Å². The maximum atomic E-state index is 13.8. The van der Waals surface area contributed by atoms with Crippen molar-refractivity contribution in [1.29, 1.82) is 0 Å². The molecular formula is C31H36F3N3O7. The Morgan fingerprint density at radius 1 is 1.09 bits per heavy atom. The smallest absolute Gasteiger partial charge is 0.405 e. The molecule has 3 aromatic rings. The van der Waals surface area contributed by atoms with Gasteiger partial charge in [0.15, 0.2) is 23.4 Å². The van der Waals surface area contributed by atoms with Gasteiger partial charge < -0.3 is 34.4 Å². The lowest BCUT2D eigenvalue weighted by atomic mass is 9.88. The van der Waals surface area contributed by atoms with Gasteiger partial charge in [-0.2, -0.15) is 8.78 Å². The zero-order valence-electron chi connectivity index (χ0n) is 25.0. The van der Waals surface area contributed by atoms with Crippen molar-refractivity contribution in [2.45, 2.75) is 66.2 Å². The second kappa shape index (κ2) is 13.9. The number of primary amides is 1. The average Bonchev–Trinajstić information content (AvgIpc) is 3.66. The van der Waals surface area contributed by atoms with E-state index in [1.165, 1.54) is 24.3 Å². The van der Waals surface area contributed by atoms with E-state index in [-0.39, 0.29) is 65.1 Å². The van der Waals surface area contributed by atoms with Crippen molar-refractivity contribution in [2.24, 2.45) is 17.1 Å². The summed E-state index contributed by atoms with van der Waals surface area (Å²) in [7, 11) is 0. The number of hydrogen-bond donors (Lipinski definition) is 2. The van der Waals surface area contributed by atoms with E-state index in [2.05, 4.69) is 15.0 Å². The van der Waals surface area contributed by atoms with Crippen molar-refractivity contribution in [1.82, 2.24) is 10.3 Å². The lowest BCUT2D eigenvalue weighted by Gasteiger charge is -2.24. The molecule has 1 aliphatic rings. The van der Waals surface area contributed by atoms with Gasteiger partial charge >= 0.3 is 12.7 Å². The molecule has 0 spiro atoms. The molecule has 1 heterocycles. The first-order valence-corrected chi connectivity index (χ1v) is 14.2. The number of hydrogen-bond acceptors (Lipinski definition) is 8. The number of nitrogens with two attached hydrogens (primary N) is 1. The predicted octanol–water partition coefficient (Wildman–Crippen LogP) is 6.77. The zero-order chi connectivity index (χ0) is 32.0. The van der Waals surface area contributed by atoms with E-state index in [9.17, 15) is 22.8 Å². The van der Waals surface area contributed by atoms with Crippen LogP contribution in [0.5, 0.6) is 17.2 Å². The SMILES string of the molecule is CCOc1cc(F)ccc1C(=O)NCc1nc(-c2ccc(OC(F)F)c(OCC3CC3)c2)oc1C(CC(C)(C)C)OC(N)=O. The van der Waals surface area contributed by atoms with Crippen LogP contribution in [0.25, 0.3) is 11.5 Å². The molecule has 1 unspecified atom stereocenters. The third-order valence-corrected chi connectivity index (χ3v) is 6.56. The summed E-state index contributed by atoms with van der Waals surface area (Å²) < 4.78 is 67.3. The minimum atomic E-state index is -3.05. The minimum absolute atomic E-state index is 0.0490. The maximum absolute atomic E-state index is 13.8. The molecule has 13 heteroatoms. The van der Waals surface area contributed by atoms with E-state index in [4.69, 9.17) is 24.4 Å². The van der Waals surface area contributed by atoms with Crippen LogP contribution in [0.4, 0.5) is 18.0 Å². The number of oxazole rings is 1. The fourth-order valence-corrected chi connectivity index (χ4v) is 4.41. The van der Waals surface area contributed by atoms with E-state index in [0.717, 1.165) is 25.0 Å². The zero-order valence-corrected chi connectivity index (χ0v) is 25.0. The molecule has 2 aromatic carbocycles. The summed E-state index contributed by atoms with van der Waals surface area (Å²) in [6.07, 6.45) is 0.250. The molecule has 0 aliphatic heterocycles. The van der Waals surface area contributed by atoms with Crippen LogP contribution in [0.1, 0.15) is 74.9 Å². The van der Waals surface area contributed by atoms with Crippen molar-refractivity contribution < 1.29 is 46.1 Å². The number of nitrogens with one attached hydrogen (secondary N) is 1. The van der Waals surface area contributed by atoms with Crippen LogP contribution in [-0.4, -0.2) is 36.8 Å². The van der Waals surface area contributed by atoms with Crippen molar-refractivity contribution in [3.63, 3.8) is 0 Å². The minimum Gasteiger partial charge on any atom is -0.493 e. The molecule has 238 valence electrons. The summed E-state index contributed by atoms with van der Waals surface area (Å²) in [5.41, 5.74) is 5.71. The molecule has 2 amide bonds. The summed E-state index contributed by atoms with van der Waals surface area (Å²) in [5, 5.41) is 2.73. The molecular weight excluding hydrogens is 583 g/mol. The fourth-order valence-electron chi connectivity index (χ4n) is 4.41. The van der Waals surface area contributed by atoms with E-state index >= 15 is 0 Å². The highest BCUT2D eigenvalue weighted by molar-refractivity contribution is 5.96. The molecule has 4 rings (SSSR count). The Kier molecular flexibility index (Phi) is 10.3. The summed E-state index contributed by atoms with van der Waals surface area (Å²) in [5.74, 6) is -0.601. The number of halogens is 3. The van der Waals surface area contributed by atoms with Crippen molar-refractivity contribution in [3.8, 4) is 28.7 Å². The second-order valence-corrected chi connectivity index (χ2v) is 11.6. The Balaban J connectivity index is 1.70. The highest BCUT2D eigenvalue weighted by atomic mass is 19.3. The molecule has 1 saturated carbocycles. The molecule has 1 aromatic heterocycles. The van der Waals surface area contributed by atoms with Crippen LogP contribution < -0.4 is 25.3 Å². The van der Waals surface area contributed by atoms with Gasteiger partial charge in [0.2, 0.25) is 5.89 Å². The second-order valence-electron chi connectivity index (χ2n) is 11.6. The van der Waals surface area contributed by atoms with Gasteiger partial charge in [-0.25, -0.2) is 14.2 Å². The summed E-state index contributed by atoms with van der Waals surface area (Å²) in [6.45, 7) is 4.81. The third-order valence-electron chi connectivity index (χ3n) is 6.56. The molecule has 10 nitrogen and oxygen atoms in total. The molecule has 1 atom stereocenters. The first-order valence-electron chi connectivity index (χ1n) is 14.2. The summed E-state index contributed by atoms with van der Waals surface area (Å²) in [6, 6.07) is 7.82. The molecule has 1 aliphatic carbocycles. The van der Waals surface area contributed by atoms with Gasteiger partial charge in [-0.05, 0) is 67.9 Å². The van der Waals surface area contributed by atoms with Crippen LogP contribution in [0.3, 0.4) is 0 Å². The largest absolute Gasteiger partial charge is 0.493 e. The molecule has 0 bridgehead atoms. The van der Waals surface area contributed by atoms with E-state index in [1.807, 2.05) is 20.8 Å². The highest BCUT2D eigenvalue weighted by Gasteiger charge is 2.31. The normalized spacial score (nSPS) is 13.8. The van der Waals surface area contributed by atoms with Crippen LogP contribution in [0, 0.1) is 17.2 Å². The average molecular weight is 620 g/mol.